The Morgan fingerprint density at radius 1 is 0.844 bits per heavy atom. The first kappa shape index (κ1) is 26.0. The van der Waals surface area contributed by atoms with Crippen molar-refractivity contribution in [3.8, 4) is 0 Å². The van der Waals surface area contributed by atoms with Gasteiger partial charge in [0.15, 0.2) is 12.2 Å². The zero-order chi connectivity index (χ0) is 23.8. The van der Waals surface area contributed by atoms with Crippen LogP contribution in [0.3, 0.4) is 0 Å². The van der Waals surface area contributed by atoms with Crippen LogP contribution >= 0.6 is 23.4 Å². The molecule has 0 unspecified atom stereocenters. The fraction of sp³-hybridized carbons (Fsp3) is 0.524. The van der Waals surface area contributed by atoms with Crippen molar-refractivity contribution in [2.45, 2.75) is 56.3 Å². The summed E-state index contributed by atoms with van der Waals surface area (Å²) in [6, 6.07) is 6.90. The van der Waals surface area contributed by atoms with Gasteiger partial charge in [-0.1, -0.05) is 23.4 Å². The van der Waals surface area contributed by atoms with Crippen molar-refractivity contribution in [3.05, 3.63) is 29.3 Å². The van der Waals surface area contributed by atoms with E-state index < -0.39 is 53.5 Å². The van der Waals surface area contributed by atoms with Crippen molar-refractivity contribution in [2.24, 2.45) is 5.92 Å². The fourth-order valence-corrected chi connectivity index (χ4v) is 4.37. The normalized spacial score (nSPS) is 24.8. The summed E-state index contributed by atoms with van der Waals surface area (Å²) in [6.07, 6.45) is -2.85. The van der Waals surface area contributed by atoms with Crippen molar-refractivity contribution in [1.29, 1.82) is 0 Å². The molecule has 1 fully saturated rings. The number of rotatable bonds is 8. The minimum Gasteiger partial charge on any atom is -0.465 e. The molecule has 0 aliphatic carbocycles. The third-order valence-electron chi connectivity index (χ3n) is 4.40. The van der Waals surface area contributed by atoms with E-state index in [-0.39, 0.29) is 13.2 Å². The highest BCUT2D eigenvalue weighted by molar-refractivity contribution is 7.99. The Morgan fingerprint density at radius 2 is 1.38 bits per heavy atom. The number of hydrogen-bond donors (Lipinski definition) is 0. The zero-order valence-corrected chi connectivity index (χ0v) is 19.6. The second-order valence-electron chi connectivity index (χ2n) is 7.03. The predicted octanol–water partition coefficient (Wildman–Crippen LogP) is 2.76. The van der Waals surface area contributed by atoms with Crippen LogP contribution < -0.4 is 0 Å². The van der Waals surface area contributed by atoms with E-state index >= 15 is 0 Å². The molecule has 2 rings (SSSR count). The van der Waals surface area contributed by atoms with E-state index in [2.05, 4.69) is 0 Å². The second-order valence-corrected chi connectivity index (χ2v) is 8.64. The van der Waals surface area contributed by atoms with Crippen LogP contribution in [0.2, 0.25) is 5.02 Å². The van der Waals surface area contributed by atoms with Gasteiger partial charge in [0, 0.05) is 37.6 Å². The summed E-state index contributed by atoms with van der Waals surface area (Å²) in [5.74, 6) is -3.08. The Labute approximate surface area is 195 Å². The molecule has 1 aliphatic rings. The molecule has 0 radical (unpaired) electrons. The molecule has 176 valence electrons. The number of carbonyl (C=O) groups is 4. The average molecular weight is 489 g/mol. The van der Waals surface area contributed by atoms with Gasteiger partial charge < -0.3 is 23.7 Å². The Morgan fingerprint density at radius 3 is 1.91 bits per heavy atom. The first-order valence-corrected chi connectivity index (χ1v) is 11.0. The third-order valence-corrected chi connectivity index (χ3v) is 5.81. The summed E-state index contributed by atoms with van der Waals surface area (Å²) in [6.45, 7) is 4.54. The molecule has 0 amide bonds. The van der Waals surface area contributed by atoms with Crippen LogP contribution in [0.15, 0.2) is 29.2 Å². The highest BCUT2D eigenvalue weighted by Crippen LogP contribution is 2.39. The van der Waals surface area contributed by atoms with Gasteiger partial charge in [-0.2, -0.15) is 0 Å². The van der Waals surface area contributed by atoms with Gasteiger partial charge in [0.05, 0.1) is 5.92 Å². The second kappa shape index (κ2) is 12.1. The summed E-state index contributed by atoms with van der Waals surface area (Å²) < 4.78 is 27.4. The number of halogens is 1. The van der Waals surface area contributed by atoms with Crippen LogP contribution in [-0.4, -0.2) is 60.8 Å². The van der Waals surface area contributed by atoms with Gasteiger partial charge in [0.25, 0.3) is 0 Å². The lowest BCUT2D eigenvalue weighted by Gasteiger charge is -2.44. The topological polar surface area (TPSA) is 114 Å². The molecule has 32 heavy (non-hydrogen) atoms. The molecular formula is C21H25ClO9S. The maximum atomic E-state index is 11.9. The van der Waals surface area contributed by atoms with Crippen LogP contribution in [0.4, 0.5) is 0 Å². The van der Waals surface area contributed by atoms with Gasteiger partial charge in [-0.25, -0.2) is 0 Å². The molecule has 1 saturated heterocycles. The molecule has 0 saturated carbocycles. The maximum Gasteiger partial charge on any atom is 0.303 e. The zero-order valence-electron chi connectivity index (χ0n) is 18.1. The van der Waals surface area contributed by atoms with E-state index in [1.165, 1.54) is 39.5 Å². The molecule has 1 aliphatic heterocycles. The lowest BCUT2D eigenvalue weighted by Crippen LogP contribution is -2.58. The van der Waals surface area contributed by atoms with Gasteiger partial charge in [-0.05, 0) is 24.3 Å². The highest BCUT2D eigenvalue weighted by Gasteiger charge is 2.51. The molecule has 0 bridgehead atoms. The lowest BCUT2D eigenvalue weighted by molar-refractivity contribution is -0.221. The molecule has 5 atom stereocenters. The number of hydrogen-bond acceptors (Lipinski definition) is 10. The first-order valence-electron chi connectivity index (χ1n) is 9.75. The number of ether oxygens (including phenoxy) is 5. The minimum absolute atomic E-state index is 0.177. The number of thioether (sulfide) groups is 1. The van der Waals surface area contributed by atoms with E-state index in [1.54, 1.807) is 24.3 Å². The fourth-order valence-electron chi connectivity index (χ4n) is 3.14. The average Bonchev–Trinajstić information content (AvgIpc) is 2.69. The number of benzene rings is 1. The predicted molar refractivity (Wildman–Crippen MR) is 114 cm³/mol. The van der Waals surface area contributed by atoms with Gasteiger partial charge in [-0.3, -0.25) is 19.2 Å². The Balaban J connectivity index is 2.41. The van der Waals surface area contributed by atoms with Crippen LogP contribution in [0.5, 0.6) is 0 Å². The van der Waals surface area contributed by atoms with E-state index in [9.17, 15) is 19.2 Å². The molecular weight excluding hydrogens is 464 g/mol. The van der Waals surface area contributed by atoms with E-state index in [0.717, 1.165) is 4.90 Å². The largest absolute Gasteiger partial charge is 0.465 e. The molecule has 0 N–H and O–H groups in total. The van der Waals surface area contributed by atoms with Crippen LogP contribution in [0.25, 0.3) is 0 Å². The Hall–Kier alpha value is -2.30. The standard InChI is InChI=1S/C21H25ClO9S/c1-11(23)27-9-17-18(10-28-12(2)24)31-21(32-16-7-5-15(22)6-8-16)20(30-14(4)26)19(17)29-13(3)25/h5-8,17-21H,9-10H2,1-4H3/t17-,18-,19-,20+,21+/m0/s1. The Kier molecular flexibility index (Phi) is 9.80. The maximum absolute atomic E-state index is 11.9. The molecule has 1 heterocycles. The number of carbonyl (C=O) groups excluding carboxylic acids is 4. The molecule has 0 spiro atoms. The summed E-state index contributed by atoms with van der Waals surface area (Å²) in [7, 11) is 0. The quantitative estimate of drug-likeness (QED) is 0.399. The smallest absolute Gasteiger partial charge is 0.303 e. The number of esters is 4. The third kappa shape index (κ3) is 7.99. The highest BCUT2D eigenvalue weighted by atomic mass is 35.5. The lowest BCUT2D eigenvalue weighted by atomic mass is 9.90. The van der Waals surface area contributed by atoms with Crippen LogP contribution in [0, 0.1) is 5.92 Å². The van der Waals surface area contributed by atoms with Gasteiger partial charge in [-0.15, -0.1) is 0 Å². The molecule has 1 aromatic carbocycles. The first-order chi connectivity index (χ1) is 15.1. The monoisotopic (exact) mass is 488 g/mol. The molecule has 0 aromatic heterocycles. The molecule has 11 heteroatoms. The van der Waals surface area contributed by atoms with Gasteiger partial charge >= 0.3 is 23.9 Å². The van der Waals surface area contributed by atoms with Crippen molar-refractivity contribution >= 4 is 47.2 Å². The van der Waals surface area contributed by atoms with Crippen molar-refractivity contribution < 1.29 is 42.9 Å². The molecule has 1 aromatic rings. The van der Waals surface area contributed by atoms with Gasteiger partial charge in [0.2, 0.25) is 0 Å². The van der Waals surface area contributed by atoms with Crippen molar-refractivity contribution in [1.82, 2.24) is 0 Å². The van der Waals surface area contributed by atoms with E-state index in [4.69, 9.17) is 35.3 Å². The van der Waals surface area contributed by atoms with Crippen molar-refractivity contribution in [3.63, 3.8) is 0 Å². The van der Waals surface area contributed by atoms with E-state index in [0.29, 0.717) is 5.02 Å². The van der Waals surface area contributed by atoms with Crippen molar-refractivity contribution in [2.75, 3.05) is 13.2 Å². The Bertz CT molecular complexity index is 829. The van der Waals surface area contributed by atoms with Crippen LogP contribution in [0.1, 0.15) is 27.7 Å². The van der Waals surface area contributed by atoms with E-state index in [1.807, 2.05) is 0 Å². The minimum atomic E-state index is -1.02. The summed E-state index contributed by atoms with van der Waals surface area (Å²) in [4.78, 5) is 47.3. The van der Waals surface area contributed by atoms with Gasteiger partial charge in [0.1, 0.15) is 24.8 Å². The SMILES string of the molecule is CC(=O)OC[C@@H]1[C@H](OC(C)=O)[C@@H](OC(C)=O)[C@@H](Sc2ccc(Cl)cc2)O[C@H]1COC(C)=O. The summed E-state index contributed by atoms with van der Waals surface area (Å²) in [5, 5.41) is 0.544. The summed E-state index contributed by atoms with van der Waals surface area (Å²) in [5.41, 5.74) is -0.821. The van der Waals surface area contributed by atoms with Crippen LogP contribution in [-0.2, 0) is 42.9 Å². The molecule has 9 nitrogen and oxygen atoms in total. The summed E-state index contributed by atoms with van der Waals surface area (Å²) >= 11 is 7.17.